The minimum atomic E-state index is -4.56. The van der Waals surface area contributed by atoms with Crippen molar-refractivity contribution in [3.63, 3.8) is 0 Å². The standard InChI is InChI=1S/C19H19F3N2O3S/c1-13(25)23-14-8-10-15(11-9-14)28(26,27)24-12-4-7-18(24)16-5-2-3-6-17(16)19(20,21)22/h2-3,5-6,8-11,18H,4,7,12H2,1H3,(H,23,25). The van der Waals surface area contributed by atoms with Crippen LogP contribution < -0.4 is 5.32 Å². The lowest BCUT2D eigenvalue weighted by molar-refractivity contribution is -0.138. The van der Waals surface area contributed by atoms with Gasteiger partial charge in [0.1, 0.15) is 0 Å². The molecule has 0 radical (unpaired) electrons. The van der Waals surface area contributed by atoms with E-state index < -0.39 is 27.8 Å². The first kappa shape index (κ1) is 20.3. The predicted molar refractivity (Wildman–Crippen MR) is 98.1 cm³/mol. The van der Waals surface area contributed by atoms with E-state index in [1.807, 2.05) is 0 Å². The monoisotopic (exact) mass is 412 g/mol. The number of nitrogens with zero attached hydrogens (tertiary/aromatic N) is 1. The van der Waals surface area contributed by atoms with Crippen molar-refractivity contribution in [3.05, 3.63) is 59.7 Å². The van der Waals surface area contributed by atoms with Crippen LogP contribution in [0.1, 0.15) is 36.9 Å². The largest absolute Gasteiger partial charge is 0.416 e. The number of hydrogen-bond acceptors (Lipinski definition) is 3. The first-order chi connectivity index (χ1) is 13.1. The molecule has 0 bridgehead atoms. The molecule has 1 saturated heterocycles. The Morgan fingerprint density at radius 3 is 2.36 bits per heavy atom. The molecule has 0 saturated carbocycles. The first-order valence-electron chi connectivity index (χ1n) is 8.66. The van der Waals surface area contributed by atoms with Gasteiger partial charge in [-0.3, -0.25) is 4.79 Å². The molecular formula is C19H19F3N2O3S. The van der Waals surface area contributed by atoms with Gasteiger partial charge in [0, 0.05) is 19.2 Å². The third-order valence-electron chi connectivity index (χ3n) is 4.61. The fourth-order valence-corrected chi connectivity index (χ4v) is 5.11. The highest BCUT2D eigenvalue weighted by Gasteiger charge is 2.41. The molecule has 28 heavy (non-hydrogen) atoms. The third kappa shape index (κ3) is 4.05. The molecule has 2 aromatic rings. The zero-order valence-corrected chi connectivity index (χ0v) is 15.8. The highest BCUT2D eigenvalue weighted by atomic mass is 32.2. The minimum Gasteiger partial charge on any atom is -0.326 e. The Labute approximate surface area is 161 Å². The summed E-state index contributed by atoms with van der Waals surface area (Å²) in [6.45, 7) is 1.48. The zero-order chi connectivity index (χ0) is 20.5. The summed E-state index contributed by atoms with van der Waals surface area (Å²) >= 11 is 0. The van der Waals surface area contributed by atoms with Gasteiger partial charge in [0.05, 0.1) is 16.5 Å². The Bertz CT molecular complexity index is 973. The van der Waals surface area contributed by atoms with Gasteiger partial charge in [-0.15, -0.1) is 0 Å². The number of carbonyl (C=O) groups excluding carboxylic acids is 1. The maximum Gasteiger partial charge on any atom is 0.416 e. The van der Waals surface area contributed by atoms with Gasteiger partial charge >= 0.3 is 6.18 Å². The van der Waals surface area contributed by atoms with Crippen LogP contribution in [0.25, 0.3) is 0 Å². The van der Waals surface area contributed by atoms with Crippen LogP contribution in [0.3, 0.4) is 0 Å². The zero-order valence-electron chi connectivity index (χ0n) is 15.0. The van der Waals surface area contributed by atoms with Crippen molar-refractivity contribution in [1.29, 1.82) is 0 Å². The SMILES string of the molecule is CC(=O)Nc1ccc(S(=O)(=O)N2CCCC2c2ccccc2C(F)(F)F)cc1. The van der Waals surface area contributed by atoms with Crippen LogP contribution in [0.4, 0.5) is 18.9 Å². The van der Waals surface area contributed by atoms with Crippen LogP contribution in [0.2, 0.25) is 0 Å². The molecule has 1 fully saturated rings. The summed E-state index contributed by atoms with van der Waals surface area (Å²) in [5.41, 5.74) is -0.416. The lowest BCUT2D eigenvalue weighted by Crippen LogP contribution is -2.31. The van der Waals surface area contributed by atoms with Crippen LogP contribution in [-0.2, 0) is 21.0 Å². The molecule has 150 valence electrons. The Kier molecular flexibility index (Phi) is 5.49. The summed E-state index contributed by atoms with van der Waals surface area (Å²) in [4.78, 5) is 11.1. The number of carbonyl (C=O) groups is 1. The smallest absolute Gasteiger partial charge is 0.326 e. The molecule has 0 aromatic heterocycles. The molecule has 0 spiro atoms. The topological polar surface area (TPSA) is 66.5 Å². The van der Waals surface area contributed by atoms with Crippen molar-refractivity contribution >= 4 is 21.6 Å². The lowest BCUT2D eigenvalue weighted by Gasteiger charge is -2.26. The highest BCUT2D eigenvalue weighted by Crippen LogP contribution is 2.42. The number of anilines is 1. The lowest BCUT2D eigenvalue weighted by atomic mass is 9.99. The Morgan fingerprint density at radius 2 is 1.75 bits per heavy atom. The summed E-state index contributed by atoms with van der Waals surface area (Å²) in [6.07, 6.45) is -3.77. The van der Waals surface area contributed by atoms with Gasteiger partial charge in [0.25, 0.3) is 0 Å². The quantitative estimate of drug-likeness (QED) is 0.819. The molecule has 3 rings (SSSR count). The van der Waals surface area contributed by atoms with E-state index in [-0.39, 0.29) is 22.9 Å². The minimum absolute atomic E-state index is 0.0296. The van der Waals surface area contributed by atoms with Crippen molar-refractivity contribution in [2.24, 2.45) is 0 Å². The molecule has 9 heteroatoms. The van der Waals surface area contributed by atoms with Crippen LogP contribution in [-0.4, -0.2) is 25.2 Å². The summed E-state index contributed by atoms with van der Waals surface area (Å²) in [7, 11) is -3.99. The maximum absolute atomic E-state index is 13.4. The van der Waals surface area contributed by atoms with E-state index >= 15 is 0 Å². The van der Waals surface area contributed by atoms with E-state index in [1.165, 1.54) is 49.4 Å². The average Bonchev–Trinajstić information content (AvgIpc) is 3.11. The third-order valence-corrected chi connectivity index (χ3v) is 6.53. The number of sulfonamides is 1. The van der Waals surface area contributed by atoms with Crippen molar-refractivity contribution in [2.45, 2.75) is 36.9 Å². The molecule has 1 aliphatic heterocycles. The van der Waals surface area contributed by atoms with Gasteiger partial charge in [-0.2, -0.15) is 17.5 Å². The molecule has 5 nitrogen and oxygen atoms in total. The molecule has 2 aromatic carbocycles. The van der Waals surface area contributed by atoms with E-state index in [2.05, 4.69) is 5.32 Å². The van der Waals surface area contributed by atoms with Gasteiger partial charge in [-0.25, -0.2) is 8.42 Å². The fraction of sp³-hybridized carbons (Fsp3) is 0.316. The van der Waals surface area contributed by atoms with Gasteiger partial charge in [0.2, 0.25) is 15.9 Å². The summed E-state index contributed by atoms with van der Waals surface area (Å²) in [5, 5.41) is 2.54. The molecule has 1 atom stereocenters. The molecule has 1 heterocycles. The predicted octanol–water partition coefficient (Wildman–Crippen LogP) is 4.19. The van der Waals surface area contributed by atoms with Gasteiger partial charge in [-0.1, -0.05) is 18.2 Å². The maximum atomic E-state index is 13.4. The van der Waals surface area contributed by atoms with Crippen LogP contribution in [0.15, 0.2) is 53.4 Å². The van der Waals surface area contributed by atoms with E-state index in [9.17, 15) is 26.4 Å². The number of benzene rings is 2. The Morgan fingerprint density at radius 1 is 1.11 bits per heavy atom. The van der Waals surface area contributed by atoms with Crippen molar-refractivity contribution in [2.75, 3.05) is 11.9 Å². The number of rotatable bonds is 4. The van der Waals surface area contributed by atoms with Crippen LogP contribution in [0.5, 0.6) is 0 Å². The molecule has 1 N–H and O–H groups in total. The van der Waals surface area contributed by atoms with E-state index in [0.717, 1.165) is 10.4 Å². The summed E-state index contributed by atoms with van der Waals surface area (Å²) in [5.74, 6) is -0.293. The molecule has 1 amide bonds. The average molecular weight is 412 g/mol. The van der Waals surface area contributed by atoms with E-state index in [0.29, 0.717) is 18.5 Å². The molecular weight excluding hydrogens is 393 g/mol. The highest BCUT2D eigenvalue weighted by molar-refractivity contribution is 7.89. The van der Waals surface area contributed by atoms with Gasteiger partial charge in [0.15, 0.2) is 0 Å². The number of halogens is 3. The van der Waals surface area contributed by atoms with Gasteiger partial charge < -0.3 is 5.32 Å². The first-order valence-corrected chi connectivity index (χ1v) is 10.1. The normalized spacial score (nSPS) is 18.2. The number of alkyl halides is 3. The van der Waals surface area contributed by atoms with E-state index in [1.54, 1.807) is 0 Å². The van der Waals surface area contributed by atoms with Gasteiger partial charge in [-0.05, 0) is 48.7 Å². The number of amides is 1. The van der Waals surface area contributed by atoms with Crippen molar-refractivity contribution in [3.8, 4) is 0 Å². The molecule has 1 aliphatic rings. The Balaban J connectivity index is 1.96. The van der Waals surface area contributed by atoms with Crippen molar-refractivity contribution in [1.82, 2.24) is 4.31 Å². The fourth-order valence-electron chi connectivity index (χ4n) is 3.43. The second-order valence-corrected chi connectivity index (χ2v) is 8.45. The van der Waals surface area contributed by atoms with Crippen LogP contribution >= 0.6 is 0 Å². The van der Waals surface area contributed by atoms with Crippen molar-refractivity contribution < 1.29 is 26.4 Å². The summed E-state index contributed by atoms with van der Waals surface area (Å²) in [6, 6.07) is 9.78. The van der Waals surface area contributed by atoms with E-state index in [4.69, 9.17) is 0 Å². The van der Waals surface area contributed by atoms with Crippen LogP contribution in [0, 0.1) is 0 Å². The molecule has 1 unspecified atom stereocenters. The summed E-state index contributed by atoms with van der Waals surface area (Å²) < 4.78 is 67.5. The second-order valence-electron chi connectivity index (χ2n) is 6.56. The second kappa shape index (κ2) is 7.56. The molecule has 0 aliphatic carbocycles. The Hall–Kier alpha value is -2.39. The number of hydrogen-bond donors (Lipinski definition) is 1. The number of nitrogens with one attached hydrogen (secondary N) is 1.